The molecule has 2 rings (SSSR count). The Balaban J connectivity index is 2.06. The Kier molecular flexibility index (Phi) is 4.59. The van der Waals surface area contributed by atoms with Gasteiger partial charge in [0.2, 0.25) is 0 Å². The number of benzene rings is 1. The maximum Gasteiger partial charge on any atom is 0.338 e. The van der Waals surface area contributed by atoms with Gasteiger partial charge in [0.1, 0.15) is 5.60 Å². The Hall–Kier alpha value is -1.35. The molecule has 0 amide bonds. The first-order valence-corrected chi connectivity index (χ1v) is 7.06. The average molecular weight is 262 g/mol. The molecule has 1 fully saturated rings. The van der Waals surface area contributed by atoms with Gasteiger partial charge in [0.25, 0.3) is 0 Å². The highest BCUT2D eigenvalue weighted by Gasteiger charge is 2.61. The van der Waals surface area contributed by atoms with Gasteiger partial charge in [-0.25, -0.2) is 4.79 Å². The number of rotatable bonds is 7. The van der Waals surface area contributed by atoms with Crippen molar-refractivity contribution in [3.05, 3.63) is 35.9 Å². The normalized spacial score (nSPS) is 25.1. The lowest BCUT2D eigenvalue weighted by atomic mass is 9.89. The van der Waals surface area contributed by atoms with Crippen molar-refractivity contribution in [1.82, 2.24) is 0 Å². The van der Waals surface area contributed by atoms with E-state index >= 15 is 0 Å². The van der Waals surface area contributed by atoms with Gasteiger partial charge in [0.15, 0.2) is 6.10 Å². The van der Waals surface area contributed by atoms with Gasteiger partial charge in [-0.05, 0) is 12.0 Å². The zero-order valence-electron chi connectivity index (χ0n) is 11.7. The van der Waals surface area contributed by atoms with Crippen LogP contribution in [0.1, 0.15) is 44.6 Å². The molecule has 2 unspecified atom stereocenters. The molecule has 19 heavy (non-hydrogen) atoms. The van der Waals surface area contributed by atoms with Crippen LogP contribution >= 0.6 is 0 Å². The van der Waals surface area contributed by atoms with E-state index in [2.05, 4.69) is 6.92 Å². The predicted octanol–water partition coefficient (Wildman–Crippen LogP) is 3.42. The number of esters is 1. The van der Waals surface area contributed by atoms with Crippen molar-refractivity contribution in [3.63, 3.8) is 0 Å². The highest BCUT2D eigenvalue weighted by molar-refractivity contribution is 5.79. The third-order valence-corrected chi connectivity index (χ3v) is 3.77. The van der Waals surface area contributed by atoms with Crippen molar-refractivity contribution < 1.29 is 14.3 Å². The zero-order chi connectivity index (χ0) is 13.7. The van der Waals surface area contributed by atoms with Gasteiger partial charge in [-0.1, -0.05) is 62.9 Å². The van der Waals surface area contributed by atoms with Crippen LogP contribution < -0.4 is 0 Å². The SMILES string of the molecule is CCCCCCC1(c2ccccc2)OC1C(=O)OC. The van der Waals surface area contributed by atoms with Crippen LogP contribution in [0, 0.1) is 0 Å². The number of methoxy groups -OCH3 is 1. The monoisotopic (exact) mass is 262 g/mol. The van der Waals surface area contributed by atoms with E-state index in [1.807, 2.05) is 30.3 Å². The number of ether oxygens (including phenoxy) is 2. The first kappa shape index (κ1) is 14.1. The van der Waals surface area contributed by atoms with E-state index in [1.165, 1.54) is 26.4 Å². The lowest BCUT2D eigenvalue weighted by Gasteiger charge is -2.13. The molecule has 0 bridgehead atoms. The highest BCUT2D eigenvalue weighted by Crippen LogP contribution is 2.50. The molecule has 3 nitrogen and oxygen atoms in total. The first-order valence-electron chi connectivity index (χ1n) is 7.06. The maximum atomic E-state index is 11.7. The van der Waals surface area contributed by atoms with Crippen LogP contribution in [-0.4, -0.2) is 19.2 Å². The van der Waals surface area contributed by atoms with Crippen LogP contribution in [0.15, 0.2) is 30.3 Å². The number of unbranched alkanes of at least 4 members (excludes halogenated alkanes) is 3. The van der Waals surface area contributed by atoms with Crippen molar-refractivity contribution in [2.24, 2.45) is 0 Å². The number of carbonyl (C=O) groups is 1. The third-order valence-electron chi connectivity index (χ3n) is 3.77. The molecule has 0 N–H and O–H groups in total. The van der Waals surface area contributed by atoms with Crippen LogP contribution in [-0.2, 0) is 19.9 Å². The van der Waals surface area contributed by atoms with Crippen molar-refractivity contribution in [2.75, 3.05) is 7.11 Å². The average Bonchev–Trinajstić information content (AvgIpc) is 3.20. The summed E-state index contributed by atoms with van der Waals surface area (Å²) < 4.78 is 10.6. The van der Waals surface area contributed by atoms with Crippen molar-refractivity contribution in [3.8, 4) is 0 Å². The van der Waals surface area contributed by atoms with Gasteiger partial charge in [-0.15, -0.1) is 0 Å². The number of hydrogen-bond donors (Lipinski definition) is 0. The van der Waals surface area contributed by atoms with Crippen molar-refractivity contribution in [2.45, 2.75) is 50.7 Å². The van der Waals surface area contributed by atoms with E-state index in [0.29, 0.717) is 0 Å². The zero-order valence-corrected chi connectivity index (χ0v) is 11.7. The van der Waals surface area contributed by atoms with Gasteiger partial charge in [0.05, 0.1) is 7.11 Å². The summed E-state index contributed by atoms with van der Waals surface area (Å²) in [5.41, 5.74) is 0.643. The molecule has 104 valence electrons. The number of carbonyl (C=O) groups excluding carboxylic acids is 1. The minimum absolute atomic E-state index is 0.264. The second kappa shape index (κ2) is 6.20. The molecule has 1 saturated heterocycles. The highest BCUT2D eigenvalue weighted by atomic mass is 16.7. The summed E-state index contributed by atoms with van der Waals surface area (Å²) in [6.07, 6.45) is 5.16. The summed E-state index contributed by atoms with van der Waals surface area (Å²) in [6, 6.07) is 10.0. The summed E-state index contributed by atoms with van der Waals surface area (Å²) >= 11 is 0. The molecule has 2 atom stereocenters. The molecule has 1 aromatic rings. The quantitative estimate of drug-likeness (QED) is 0.429. The number of hydrogen-bond acceptors (Lipinski definition) is 3. The van der Waals surface area contributed by atoms with Gasteiger partial charge >= 0.3 is 5.97 Å². The Bertz CT molecular complexity index is 415. The number of epoxide rings is 1. The minimum atomic E-state index is -0.442. The van der Waals surface area contributed by atoms with Crippen LogP contribution in [0.2, 0.25) is 0 Å². The van der Waals surface area contributed by atoms with Crippen LogP contribution in [0.5, 0.6) is 0 Å². The van der Waals surface area contributed by atoms with Gasteiger partial charge in [-0.3, -0.25) is 0 Å². The topological polar surface area (TPSA) is 38.8 Å². The molecule has 0 saturated carbocycles. The Morgan fingerprint density at radius 1 is 1.26 bits per heavy atom. The van der Waals surface area contributed by atoms with E-state index < -0.39 is 11.7 Å². The fourth-order valence-corrected chi connectivity index (χ4v) is 2.61. The molecule has 0 radical (unpaired) electrons. The van der Waals surface area contributed by atoms with E-state index in [-0.39, 0.29) is 5.97 Å². The van der Waals surface area contributed by atoms with Crippen LogP contribution in [0.4, 0.5) is 0 Å². The molecule has 0 spiro atoms. The Morgan fingerprint density at radius 2 is 2.00 bits per heavy atom. The minimum Gasteiger partial charge on any atom is -0.467 e. The maximum absolute atomic E-state index is 11.7. The predicted molar refractivity (Wildman–Crippen MR) is 73.8 cm³/mol. The molecule has 0 aliphatic carbocycles. The molecular formula is C16H22O3. The van der Waals surface area contributed by atoms with Gasteiger partial charge in [0, 0.05) is 0 Å². The van der Waals surface area contributed by atoms with E-state index in [4.69, 9.17) is 9.47 Å². The molecule has 0 aromatic heterocycles. The molecule has 1 heterocycles. The fraction of sp³-hybridized carbons (Fsp3) is 0.562. The van der Waals surface area contributed by atoms with Crippen LogP contribution in [0.25, 0.3) is 0 Å². The van der Waals surface area contributed by atoms with Crippen molar-refractivity contribution >= 4 is 5.97 Å². The Morgan fingerprint density at radius 3 is 2.63 bits per heavy atom. The Labute approximate surface area is 114 Å². The molecule has 1 aliphatic heterocycles. The second-order valence-electron chi connectivity index (χ2n) is 5.09. The smallest absolute Gasteiger partial charge is 0.338 e. The summed E-state index contributed by atoms with van der Waals surface area (Å²) in [6.45, 7) is 2.19. The second-order valence-corrected chi connectivity index (χ2v) is 5.09. The third kappa shape index (κ3) is 2.98. The molecule has 1 aliphatic rings. The van der Waals surface area contributed by atoms with E-state index in [9.17, 15) is 4.79 Å². The fourth-order valence-electron chi connectivity index (χ4n) is 2.61. The van der Waals surface area contributed by atoms with E-state index in [1.54, 1.807) is 0 Å². The summed E-state index contributed by atoms with van der Waals surface area (Å²) in [5, 5.41) is 0. The molecule has 3 heteroatoms. The lowest BCUT2D eigenvalue weighted by Crippen LogP contribution is -2.20. The first-order chi connectivity index (χ1) is 9.24. The summed E-state index contributed by atoms with van der Waals surface area (Å²) in [4.78, 5) is 11.7. The summed E-state index contributed by atoms with van der Waals surface area (Å²) in [7, 11) is 1.41. The largest absolute Gasteiger partial charge is 0.467 e. The van der Waals surface area contributed by atoms with E-state index in [0.717, 1.165) is 18.4 Å². The molecular weight excluding hydrogens is 240 g/mol. The van der Waals surface area contributed by atoms with Gasteiger partial charge < -0.3 is 9.47 Å². The van der Waals surface area contributed by atoms with Gasteiger partial charge in [-0.2, -0.15) is 0 Å². The van der Waals surface area contributed by atoms with Crippen LogP contribution in [0.3, 0.4) is 0 Å². The lowest BCUT2D eigenvalue weighted by molar-refractivity contribution is -0.142. The molecule has 1 aromatic carbocycles. The van der Waals surface area contributed by atoms with Crippen molar-refractivity contribution in [1.29, 1.82) is 0 Å². The summed E-state index contributed by atoms with van der Waals surface area (Å²) in [5.74, 6) is -0.264. The standard InChI is InChI=1S/C16H22O3/c1-3-4-5-9-12-16(13-10-7-6-8-11-13)14(19-16)15(17)18-2/h6-8,10-11,14H,3-5,9,12H2,1-2H3.